The van der Waals surface area contributed by atoms with Crippen LogP contribution in [0.4, 0.5) is 18.9 Å². The lowest BCUT2D eigenvalue weighted by molar-refractivity contribution is -0.274. The van der Waals surface area contributed by atoms with Crippen molar-refractivity contribution in [3.63, 3.8) is 0 Å². The van der Waals surface area contributed by atoms with Crippen molar-refractivity contribution in [2.75, 3.05) is 18.9 Å². The molecule has 3 aromatic rings. The van der Waals surface area contributed by atoms with Crippen molar-refractivity contribution in [1.82, 2.24) is 4.90 Å². The van der Waals surface area contributed by atoms with Crippen LogP contribution in [-0.2, 0) is 13.0 Å². The lowest BCUT2D eigenvalue weighted by Crippen LogP contribution is -2.33. The smallest absolute Gasteiger partial charge is 0.406 e. The predicted molar refractivity (Wildman–Crippen MR) is 133 cm³/mol. The van der Waals surface area contributed by atoms with Gasteiger partial charge in [0.1, 0.15) is 5.75 Å². The molecule has 3 rings (SSSR count). The molecule has 3 aromatic carbocycles. The second-order valence-corrected chi connectivity index (χ2v) is 8.94. The van der Waals surface area contributed by atoms with Crippen molar-refractivity contribution in [3.8, 4) is 5.75 Å². The summed E-state index contributed by atoms with van der Waals surface area (Å²) in [5.74, 6) is -0.130. The van der Waals surface area contributed by atoms with E-state index >= 15 is 0 Å². The molecule has 0 atom stereocenters. The molecule has 0 fully saturated rings. The fourth-order valence-electron chi connectivity index (χ4n) is 3.72. The van der Waals surface area contributed by atoms with Crippen LogP contribution in [0, 0.1) is 0 Å². The van der Waals surface area contributed by atoms with E-state index in [2.05, 4.69) is 23.9 Å². The molecule has 35 heavy (non-hydrogen) atoms. The summed E-state index contributed by atoms with van der Waals surface area (Å²) in [4.78, 5) is 15.3. The van der Waals surface area contributed by atoms with Crippen LogP contribution in [0.3, 0.4) is 0 Å². The third kappa shape index (κ3) is 7.65. The number of carbonyl (C=O) groups is 1. The Morgan fingerprint density at radius 1 is 1.03 bits per heavy atom. The Balaban J connectivity index is 1.86. The van der Waals surface area contributed by atoms with Gasteiger partial charge >= 0.3 is 6.36 Å². The summed E-state index contributed by atoms with van der Waals surface area (Å²) in [5.41, 5.74) is 3.83. The number of hydrogen-bond donors (Lipinski definition) is 1. The third-order valence-corrected chi connectivity index (χ3v) is 5.83. The van der Waals surface area contributed by atoms with Crippen molar-refractivity contribution < 1.29 is 22.7 Å². The van der Waals surface area contributed by atoms with Crippen LogP contribution in [0.5, 0.6) is 5.75 Å². The number of nitrogens with zero attached hydrogens (tertiary/aromatic N) is 1. The third-order valence-electron chi connectivity index (χ3n) is 5.59. The van der Waals surface area contributed by atoms with E-state index in [9.17, 15) is 18.0 Å². The molecular formula is C27H28ClF3N2O2. The Morgan fingerprint density at radius 2 is 1.74 bits per heavy atom. The van der Waals surface area contributed by atoms with Crippen molar-refractivity contribution in [2.24, 2.45) is 0 Å². The van der Waals surface area contributed by atoms with Gasteiger partial charge in [0.15, 0.2) is 0 Å². The molecule has 8 heteroatoms. The van der Waals surface area contributed by atoms with Gasteiger partial charge in [-0.05, 0) is 59.4 Å². The molecule has 4 nitrogen and oxygen atoms in total. The number of nitrogens with one attached hydrogen (secondary N) is 1. The van der Waals surface area contributed by atoms with Crippen molar-refractivity contribution in [1.29, 1.82) is 0 Å². The molecule has 0 radical (unpaired) electrons. The monoisotopic (exact) mass is 504 g/mol. The summed E-state index contributed by atoms with van der Waals surface area (Å²) in [7, 11) is 1.72. The average molecular weight is 505 g/mol. The molecule has 1 amide bonds. The average Bonchev–Trinajstić information content (AvgIpc) is 2.80. The first-order valence-electron chi connectivity index (χ1n) is 11.3. The quantitative estimate of drug-likeness (QED) is 0.332. The Kier molecular flexibility index (Phi) is 8.67. The molecule has 0 aliphatic rings. The van der Waals surface area contributed by atoms with Gasteiger partial charge in [-0.2, -0.15) is 0 Å². The molecule has 0 saturated carbocycles. The maximum absolute atomic E-state index is 13.6. The van der Waals surface area contributed by atoms with Crippen molar-refractivity contribution in [2.45, 2.75) is 39.1 Å². The first-order valence-corrected chi connectivity index (χ1v) is 11.6. The summed E-state index contributed by atoms with van der Waals surface area (Å²) >= 11 is 6.17. The summed E-state index contributed by atoms with van der Waals surface area (Å²) in [6.07, 6.45) is -4.42. The van der Waals surface area contributed by atoms with Gasteiger partial charge in [0, 0.05) is 30.8 Å². The highest BCUT2D eigenvalue weighted by atomic mass is 35.5. The number of halogens is 4. The van der Waals surface area contributed by atoms with E-state index in [0.717, 1.165) is 5.56 Å². The molecule has 0 aliphatic heterocycles. The van der Waals surface area contributed by atoms with E-state index in [0.29, 0.717) is 40.7 Å². The molecule has 0 saturated heterocycles. The number of anilines is 1. The van der Waals surface area contributed by atoms with E-state index in [1.807, 2.05) is 24.3 Å². The van der Waals surface area contributed by atoms with Crippen LogP contribution in [0.2, 0.25) is 5.02 Å². The van der Waals surface area contributed by atoms with Crippen molar-refractivity contribution >= 4 is 23.2 Å². The normalized spacial score (nSPS) is 11.4. The second kappa shape index (κ2) is 11.5. The molecular weight excluding hydrogens is 477 g/mol. The number of ether oxygens (including phenoxy) is 1. The predicted octanol–water partition coefficient (Wildman–Crippen LogP) is 7.29. The van der Waals surface area contributed by atoms with Crippen LogP contribution < -0.4 is 10.1 Å². The maximum atomic E-state index is 13.6. The Hall–Kier alpha value is -3.19. The zero-order chi connectivity index (χ0) is 25.6. The van der Waals surface area contributed by atoms with Gasteiger partial charge in [-0.1, -0.05) is 61.8 Å². The molecule has 0 aliphatic carbocycles. The Morgan fingerprint density at radius 3 is 2.37 bits per heavy atom. The number of alkyl halides is 3. The summed E-state index contributed by atoms with van der Waals surface area (Å²) in [5, 5.41) is 3.45. The Labute approximate surface area is 208 Å². The minimum absolute atomic E-state index is 0.229. The molecule has 0 unspecified atom stereocenters. The SMILES string of the molecule is CNc1ccc(Cl)cc1C(=O)N(CCc1cccc(OC(F)(F)F)c1)Cc1ccc(C(C)C)cc1. The van der Waals surface area contributed by atoms with Gasteiger partial charge in [0.25, 0.3) is 5.91 Å². The fourth-order valence-corrected chi connectivity index (χ4v) is 3.90. The lowest BCUT2D eigenvalue weighted by atomic mass is 10.0. The highest BCUT2D eigenvalue weighted by molar-refractivity contribution is 6.31. The minimum atomic E-state index is -4.76. The van der Waals surface area contributed by atoms with E-state index in [1.54, 1.807) is 36.2 Å². The van der Waals surface area contributed by atoms with E-state index in [-0.39, 0.29) is 18.2 Å². The van der Waals surface area contributed by atoms with E-state index in [1.165, 1.54) is 23.8 Å². The topological polar surface area (TPSA) is 41.6 Å². The highest BCUT2D eigenvalue weighted by Gasteiger charge is 2.31. The van der Waals surface area contributed by atoms with Gasteiger partial charge in [-0.15, -0.1) is 13.2 Å². The van der Waals surface area contributed by atoms with Crippen LogP contribution >= 0.6 is 11.6 Å². The van der Waals surface area contributed by atoms with Crippen LogP contribution in [-0.4, -0.2) is 30.8 Å². The Bertz CT molecular complexity index is 1150. The standard InChI is InChI=1S/C27H28ClF3N2O2/c1-18(2)21-9-7-20(8-10-21)17-33(26(34)24-16-22(28)11-12-25(24)32-3)14-13-19-5-4-6-23(15-19)35-27(29,30)31/h4-12,15-16,18,32H,13-14,17H2,1-3H3. The van der Waals surface area contributed by atoms with Gasteiger partial charge in [-0.3, -0.25) is 4.79 Å². The number of amides is 1. The van der Waals surface area contributed by atoms with Gasteiger partial charge in [0.2, 0.25) is 0 Å². The molecule has 0 heterocycles. The van der Waals surface area contributed by atoms with Crippen LogP contribution in [0.1, 0.15) is 46.8 Å². The van der Waals surface area contributed by atoms with E-state index in [4.69, 9.17) is 11.6 Å². The summed E-state index contributed by atoms with van der Waals surface area (Å²) < 4.78 is 41.9. The zero-order valence-electron chi connectivity index (χ0n) is 19.8. The maximum Gasteiger partial charge on any atom is 0.573 e. The summed E-state index contributed by atoms with van der Waals surface area (Å²) in [6.45, 7) is 4.85. The number of rotatable bonds is 9. The number of carbonyl (C=O) groups excluding carboxylic acids is 1. The zero-order valence-corrected chi connectivity index (χ0v) is 20.6. The molecule has 0 bridgehead atoms. The van der Waals surface area contributed by atoms with Crippen molar-refractivity contribution in [3.05, 3.63) is 94.0 Å². The molecule has 0 spiro atoms. The van der Waals surface area contributed by atoms with Crippen LogP contribution in [0.15, 0.2) is 66.7 Å². The first kappa shape index (κ1) is 26.4. The van der Waals surface area contributed by atoms with Crippen LogP contribution in [0.25, 0.3) is 0 Å². The highest BCUT2D eigenvalue weighted by Crippen LogP contribution is 2.26. The molecule has 1 N–H and O–H groups in total. The molecule has 0 aromatic heterocycles. The fraction of sp³-hybridized carbons (Fsp3) is 0.296. The number of benzene rings is 3. The lowest BCUT2D eigenvalue weighted by Gasteiger charge is -2.25. The van der Waals surface area contributed by atoms with E-state index < -0.39 is 6.36 Å². The minimum Gasteiger partial charge on any atom is -0.406 e. The number of hydrogen-bond acceptors (Lipinski definition) is 3. The summed E-state index contributed by atoms with van der Waals surface area (Å²) in [6, 6.07) is 18.9. The largest absolute Gasteiger partial charge is 0.573 e. The van der Waals surface area contributed by atoms with Gasteiger partial charge < -0.3 is 15.0 Å². The second-order valence-electron chi connectivity index (χ2n) is 8.51. The van der Waals surface area contributed by atoms with Gasteiger partial charge in [-0.25, -0.2) is 0 Å². The van der Waals surface area contributed by atoms with Gasteiger partial charge in [0.05, 0.1) is 5.56 Å². The molecule has 186 valence electrons. The first-order chi connectivity index (χ1) is 16.6.